The molecule has 1 fully saturated rings. The van der Waals surface area contributed by atoms with Crippen LogP contribution in [0.1, 0.15) is 12.8 Å². The molecule has 1 heterocycles. The first kappa shape index (κ1) is 14.2. The molecule has 2 N–H and O–H groups in total. The molecule has 19 heavy (non-hydrogen) atoms. The first-order chi connectivity index (χ1) is 8.91. The van der Waals surface area contributed by atoms with Crippen LogP contribution in [0.5, 0.6) is 0 Å². The Kier molecular flexibility index (Phi) is 4.07. The van der Waals surface area contributed by atoms with Crippen molar-refractivity contribution in [2.24, 2.45) is 0 Å². The molecule has 1 saturated heterocycles. The number of ether oxygens (including phenoxy) is 1. The molecule has 0 spiro atoms. The van der Waals surface area contributed by atoms with Gasteiger partial charge in [-0.25, -0.2) is 12.8 Å². The van der Waals surface area contributed by atoms with E-state index in [4.69, 9.17) is 10.5 Å². The summed E-state index contributed by atoms with van der Waals surface area (Å²) in [6.45, 7) is 0.863. The molecule has 0 bridgehead atoms. The summed E-state index contributed by atoms with van der Waals surface area (Å²) in [6.07, 6.45) is 1.62. The molecule has 0 aliphatic carbocycles. The topological polar surface area (TPSA) is 72.6 Å². The molecule has 0 amide bonds. The SMILES string of the molecule is CN(CC1CCCO1)S(=O)(=O)c1cc(N)ccc1F. The van der Waals surface area contributed by atoms with Gasteiger partial charge in [-0.1, -0.05) is 0 Å². The number of nitrogen functional groups attached to an aromatic ring is 1. The summed E-state index contributed by atoms with van der Waals surface area (Å²) in [5.41, 5.74) is 5.73. The lowest BCUT2D eigenvalue weighted by atomic mass is 10.2. The molecule has 1 aromatic carbocycles. The number of likely N-dealkylation sites (N-methyl/N-ethyl adjacent to an activating group) is 1. The molecule has 2 rings (SSSR count). The summed E-state index contributed by atoms with van der Waals surface area (Å²) in [7, 11) is -2.46. The van der Waals surface area contributed by atoms with Crippen molar-refractivity contribution in [2.45, 2.75) is 23.8 Å². The van der Waals surface area contributed by atoms with E-state index in [0.717, 1.165) is 29.3 Å². The van der Waals surface area contributed by atoms with Crippen molar-refractivity contribution in [3.8, 4) is 0 Å². The van der Waals surface area contributed by atoms with Gasteiger partial charge in [0.25, 0.3) is 0 Å². The van der Waals surface area contributed by atoms with Crippen LogP contribution >= 0.6 is 0 Å². The standard InChI is InChI=1S/C12H17FN2O3S/c1-15(8-10-3-2-6-18-10)19(16,17)12-7-9(14)4-5-11(12)13/h4-5,7,10H,2-3,6,8,14H2,1H3. The molecule has 7 heteroatoms. The summed E-state index contributed by atoms with van der Waals surface area (Å²) in [5.74, 6) is -0.798. The van der Waals surface area contributed by atoms with Crippen molar-refractivity contribution in [1.82, 2.24) is 4.31 Å². The van der Waals surface area contributed by atoms with Crippen LogP contribution in [0.4, 0.5) is 10.1 Å². The fourth-order valence-corrected chi connectivity index (χ4v) is 3.36. The van der Waals surface area contributed by atoms with E-state index in [0.29, 0.717) is 6.61 Å². The van der Waals surface area contributed by atoms with Crippen molar-refractivity contribution in [1.29, 1.82) is 0 Å². The minimum absolute atomic E-state index is 0.121. The molecule has 1 aliphatic heterocycles. The number of sulfonamides is 1. The van der Waals surface area contributed by atoms with E-state index in [2.05, 4.69) is 0 Å². The third-order valence-corrected chi connectivity index (χ3v) is 4.97. The Bertz CT molecular complexity index is 556. The fourth-order valence-electron chi connectivity index (χ4n) is 2.06. The number of halogens is 1. The van der Waals surface area contributed by atoms with Gasteiger partial charge in [0, 0.05) is 25.9 Å². The highest BCUT2D eigenvalue weighted by molar-refractivity contribution is 7.89. The zero-order chi connectivity index (χ0) is 14.0. The van der Waals surface area contributed by atoms with E-state index in [-0.39, 0.29) is 18.3 Å². The number of nitrogens with two attached hydrogens (primary N) is 1. The first-order valence-corrected chi connectivity index (χ1v) is 7.48. The predicted octanol–water partition coefficient (Wildman–Crippen LogP) is 1.21. The maximum atomic E-state index is 13.6. The zero-order valence-corrected chi connectivity index (χ0v) is 11.5. The van der Waals surface area contributed by atoms with Gasteiger partial charge in [0.2, 0.25) is 10.0 Å². The molecule has 1 unspecified atom stereocenters. The Balaban J connectivity index is 2.22. The summed E-state index contributed by atoms with van der Waals surface area (Å²) >= 11 is 0. The van der Waals surface area contributed by atoms with E-state index in [9.17, 15) is 12.8 Å². The third kappa shape index (κ3) is 3.05. The summed E-state index contributed by atoms with van der Waals surface area (Å²) in [5, 5.41) is 0. The van der Waals surface area contributed by atoms with E-state index < -0.39 is 20.7 Å². The van der Waals surface area contributed by atoms with E-state index in [1.54, 1.807) is 0 Å². The Hall–Kier alpha value is -1.18. The van der Waals surface area contributed by atoms with Crippen LogP contribution in [0.3, 0.4) is 0 Å². The molecular formula is C12H17FN2O3S. The van der Waals surface area contributed by atoms with Gasteiger partial charge < -0.3 is 10.5 Å². The second-order valence-corrected chi connectivity index (χ2v) is 6.62. The molecule has 0 radical (unpaired) electrons. The molecular weight excluding hydrogens is 271 g/mol. The van der Waals surface area contributed by atoms with Gasteiger partial charge >= 0.3 is 0 Å². The highest BCUT2D eigenvalue weighted by Crippen LogP contribution is 2.22. The van der Waals surface area contributed by atoms with Crippen LogP contribution in [0, 0.1) is 5.82 Å². The normalized spacial score (nSPS) is 20.1. The minimum atomic E-state index is -3.88. The van der Waals surface area contributed by atoms with Gasteiger partial charge in [0.1, 0.15) is 10.7 Å². The lowest BCUT2D eigenvalue weighted by Crippen LogP contribution is -2.34. The van der Waals surface area contributed by atoms with Gasteiger partial charge in [-0.15, -0.1) is 0 Å². The molecule has 0 aromatic heterocycles. The van der Waals surface area contributed by atoms with E-state index >= 15 is 0 Å². The highest BCUT2D eigenvalue weighted by Gasteiger charge is 2.28. The highest BCUT2D eigenvalue weighted by atomic mass is 32.2. The fraction of sp³-hybridized carbons (Fsp3) is 0.500. The average Bonchev–Trinajstić information content (AvgIpc) is 2.85. The smallest absolute Gasteiger partial charge is 0.245 e. The first-order valence-electron chi connectivity index (χ1n) is 6.04. The number of nitrogens with zero attached hydrogens (tertiary/aromatic N) is 1. The van der Waals surface area contributed by atoms with Gasteiger partial charge in [0.15, 0.2) is 0 Å². The molecule has 1 aromatic rings. The number of hydrogen-bond acceptors (Lipinski definition) is 4. The van der Waals surface area contributed by atoms with Crippen molar-refractivity contribution >= 4 is 15.7 Å². The van der Waals surface area contributed by atoms with Gasteiger partial charge in [0.05, 0.1) is 6.10 Å². The van der Waals surface area contributed by atoms with E-state index in [1.165, 1.54) is 13.1 Å². The Morgan fingerprint density at radius 3 is 2.89 bits per heavy atom. The number of hydrogen-bond donors (Lipinski definition) is 1. The second kappa shape index (κ2) is 5.44. The number of benzene rings is 1. The molecule has 5 nitrogen and oxygen atoms in total. The van der Waals surface area contributed by atoms with E-state index in [1.807, 2.05) is 0 Å². The maximum Gasteiger partial charge on any atom is 0.245 e. The van der Waals surface area contributed by atoms with Crippen LogP contribution in [0.2, 0.25) is 0 Å². The van der Waals surface area contributed by atoms with Crippen LogP contribution in [-0.4, -0.2) is 39.0 Å². The Morgan fingerprint density at radius 2 is 2.26 bits per heavy atom. The summed E-state index contributed by atoms with van der Waals surface area (Å²) < 4.78 is 44.7. The van der Waals surface area contributed by atoms with Crippen molar-refractivity contribution in [3.05, 3.63) is 24.0 Å². The van der Waals surface area contributed by atoms with Crippen molar-refractivity contribution in [3.63, 3.8) is 0 Å². The molecule has 1 atom stereocenters. The molecule has 106 valence electrons. The van der Waals surface area contributed by atoms with Crippen molar-refractivity contribution < 1.29 is 17.5 Å². The monoisotopic (exact) mass is 288 g/mol. The Labute approximate surface area is 112 Å². The van der Waals surface area contributed by atoms with Crippen LogP contribution < -0.4 is 5.73 Å². The number of anilines is 1. The third-order valence-electron chi connectivity index (χ3n) is 3.13. The van der Waals surface area contributed by atoms with Gasteiger partial charge in [-0.3, -0.25) is 0 Å². The number of rotatable bonds is 4. The lowest BCUT2D eigenvalue weighted by molar-refractivity contribution is 0.0978. The molecule has 0 saturated carbocycles. The van der Waals surface area contributed by atoms with Crippen LogP contribution in [0.15, 0.2) is 23.1 Å². The zero-order valence-electron chi connectivity index (χ0n) is 10.7. The van der Waals surface area contributed by atoms with Crippen molar-refractivity contribution in [2.75, 3.05) is 25.9 Å². The van der Waals surface area contributed by atoms with Crippen LogP contribution in [0.25, 0.3) is 0 Å². The lowest BCUT2D eigenvalue weighted by Gasteiger charge is -2.20. The summed E-state index contributed by atoms with van der Waals surface area (Å²) in [4.78, 5) is -0.395. The molecule has 1 aliphatic rings. The minimum Gasteiger partial charge on any atom is -0.399 e. The van der Waals surface area contributed by atoms with Crippen LogP contribution in [-0.2, 0) is 14.8 Å². The quantitative estimate of drug-likeness (QED) is 0.845. The summed E-state index contributed by atoms with van der Waals surface area (Å²) in [6, 6.07) is 3.52. The van der Waals surface area contributed by atoms with Gasteiger partial charge in [-0.05, 0) is 31.0 Å². The largest absolute Gasteiger partial charge is 0.399 e. The predicted molar refractivity (Wildman–Crippen MR) is 69.6 cm³/mol. The maximum absolute atomic E-state index is 13.6. The second-order valence-electron chi connectivity index (χ2n) is 4.61. The average molecular weight is 288 g/mol. The Morgan fingerprint density at radius 1 is 1.53 bits per heavy atom. The van der Waals surface area contributed by atoms with Gasteiger partial charge in [-0.2, -0.15) is 4.31 Å².